The molecular formula is C7H13NO. The van der Waals surface area contributed by atoms with Crippen molar-refractivity contribution in [2.24, 2.45) is 5.73 Å². The Morgan fingerprint density at radius 1 is 1.89 bits per heavy atom. The maximum Gasteiger partial charge on any atom is 0.147 e. The third-order valence-corrected chi connectivity index (χ3v) is 1.23. The van der Waals surface area contributed by atoms with E-state index in [2.05, 4.69) is 6.58 Å². The van der Waals surface area contributed by atoms with Crippen LogP contribution in [0.1, 0.15) is 19.8 Å². The maximum atomic E-state index is 10.0. The second-order valence-corrected chi connectivity index (χ2v) is 2.09. The van der Waals surface area contributed by atoms with Gasteiger partial charge in [-0.05, 0) is 6.42 Å². The molecule has 0 saturated carbocycles. The minimum atomic E-state index is -0.132. The summed E-state index contributed by atoms with van der Waals surface area (Å²) in [6.07, 6.45) is 2.56. The molecular weight excluding hydrogens is 114 g/mol. The molecule has 0 aromatic heterocycles. The summed E-state index contributed by atoms with van der Waals surface area (Å²) in [5, 5.41) is 0. The molecule has 9 heavy (non-hydrogen) atoms. The Hall–Kier alpha value is -0.630. The minimum absolute atomic E-state index is 0.132. The number of aldehydes is 1. The highest BCUT2D eigenvalue weighted by Crippen LogP contribution is 1.99. The molecule has 0 heterocycles. The summed E-state index contributed by atoms with van der Waals surface area (Å²) in [5.41, 5.74) is 6.00. The summed E-state index contributed by atoms with van der Waals surface area (Å²) in [6.45, 7) is 5.52. The van der Waals surface area contributed by atoms with Gasteiger partial charge in [-0.1, -0.05) is 19.9 Å². The van der Waals surface area contributed by atoms with Crippen molar-refractivity contribution in [3.05, 3.63) is 12.2 Å². The van der Waals surface area contributed by atoms with Crippen LogP contribution in [0.25, 0.3) is 0 Å². The molecule has 0 bridgehead atoms. The van der Waals surface area contributed by atoms with Crippen LogP contribution in [-0.4, -0.2) is 12.3 Å². The van der Waals surface area contributed by atoms with Crippen molar-refractivity contribution in [2.75, 3.05) is 0 Å². The largest absolute Gasteiger partial charge is 0.324 e. The van der Waals surface area contributed by atoms with Gasteiger partial charge in [-0.25, -0.2) is 0 Å². The summed E-state index contributed by atoms with van der Waals surface area (Å²) >= 11 is 0. The van der Waals surface area contributed by atoms with Gasteiger partial charge in [0.1, 0.15) is 6.29 Å². The zero-order valence-electron chi connectivity index (χ0n) is 5.76. The molecule has 1 atom stereocenters. The van der Waals surface area contributed by atoms with Gasteiger partial charge in [-0.15, -0.1) is 0 Å². The van der Waals surface area contributed by atoms with E-state index in [-0.39, 0.29) is 6.04 Å². The average Bonchev–Trinajstić information content (AvgIpc) is 1.87. The van der Waals surface area contributed by atoms with E-state index in [1.165, 1.54) is 0 Å². The lowest BCUT2D eigenvalue weighted by molar-refractivity contribution is -0.105. The van der Waals surface area contributed by atoms with E-state index >= 15 is 0 Å². The van der Waals surface area contributed by atoms with Gasteiger partial charge in [0.2, 0.25) is 0 Å². The second kappa shape index (κ2) is 4.27. The molecule has 0 aliphatic carbocycles. The number of hydrogen-bond donors (Lipinski definition) is 1. The van der Waals surface area contributed by atoms with Crippen LogP contribution >= 0.6 is 0 Å². The molecule has 0 fully saturated rings. The lowest BCUT2D eigenvalue weighted by Gasteiger charge is -2.06. The molecule has 0 radical (unpaired) electrons. The number of carbonyl (C=O) groups is 1. The Morgan fingerprint density at radius 2 is 2.44 bits per heavy atom. The molecule has 0 rings (SSSR count). The summed E-state index contributed by atoms with van der Waals surface area (Å²) in [5.74, 6) is 0. The molecule has 0 saturated heterocycles. The van der Waals surface area contributed by atoms with Crippen LogP contribution in [0.15, 0.2) is 12.2 Å². The molecule has 0 spiro atoms. The molecule has 2 heteroatoms. The van der Waals surface area contributed by atoms with E-state index in [1.54, 1.807) is 0 Å². The fourth-order valence-electron chi connectivity index (χ4n) is 0.584. The molecule has 2 N–H and O–H groups in total. The minimum Gasteiger partial charge on any atom is -0.324 e. The zero-order valence-corrected chi connectivity index (χ0v) is 5.76. The highest BCUT2D eigenvalue weighted by molar-refractivity contribution is 5.73. The van der Waals surface area contributed by atoms with Crippen molar-refractivity contribution < 1.29 is 4.79 Å². The fraction of sp³-hybridized carbons (Fsp3) is 0.571. The Morgan fingerprint density at radius 3 is 2.78 bits per heavy atom. The van der Waals surface area contributed by atoms with Crippen LogP contribution in [0.4, 0.5) is 0 Å². The van der Waals surface area contributed by atoms with E-state index in [4.69, 9.17) is 5.73 Å². The Kier molecular flexibility index (Phi) is 3.97. The normalized spacial score (nSPS) is 12.7. The smallest absolute Gasteiger partial charge is 0.147 e. The molecule has 52 valence electrons. The van der Waals surface area contributed by atoms with Gasteiger partial charge in [0.05, 0.1) is 0 Å². The number of rotatable bonds is 4. The van der Waals surface area contributed by atoms with Crippen molar-refractivity contribution >= 4 is 6.29 Å². The van der Waals surface area contributed by atoms with E-state index in [0.717, 1.165) is 19.1 Å². The molecule has 0 aliphatic heterocycles. The zero-order chi connectivity index (χ0) is 7.28. The van der Waals surface area contributed by atoms with Gasteiger partial charge in [0.15, 0.2) is 0 Å². The Balaban J connectivity index is 3.58. The van der Waals surface area contributed by atoms with E-state index in [0.29, 0.717) is 5.57 Å². The van der Waals surface area contributed by atoms with Crippen molar-refractivity contribution in [3.8, 4) is 0 Å². The van der Waals surface area contributed by atoms with Gasteiger partial charge < -0.3 is 5.73 Å². The monoisotopic (exact) mass is 127 g/mol. The van der Waals surface area contributed by atoms with Crippen LogP contribution in [0.2, 0.25) is 0 Å². The van der Waals surface area contributed by atoms with Gasteiger partial charge in [-0.3, -0.25) is 4.79 Å². The van der Waals surface area contributed by atoms with Gasteiger partial charge in [0, 0.05) is 11.6 Å². The van der Waals surface area contributed by atoms with Gasteiger partial charge in [-0.2, -0.15) is 0 Å². The fourth-order valence-corrected chi connectivity index (χ4v) is 0.584. The number of hydrogen-bond acceptors (Lipinski definition) is 2. The molecule has 1 unspecified atom stereocenters. The topological polar surface area (TPSA) is 43.1 Å². The number of carbonyl (C=O) groups excluding carboxylic acids is 1. The first kappa shape index (κ1) is 8.37. The standard InChI is InChI=1S/C7H13NO/c1-3-4-7(8)6(2)5-9/h5,7H,2-4,8H2,1H3. The maximum absolute atomic E-state index is 10.0. The van der Waals surface area contributed by atoms with Crippen molar-refractivity contribution in [1.29, 1.82) is 0 Å². The van der Waals surface area contributed by atoms with Crippen molar-refractivity contribution in [3.63, 3.8) is 0 Å². The molecule has 2 nitrogen and oxygen atoms in total. The van der Waals surface area contributed by atoms with Crippen LogP contribution in [0, 0.1) is 0 Å². The van der Waals surface area contributed by atoms with Crippen LogP contribution in [0.3, 0.4) is 0 Å². The second-order valence-electron chi connectivity index (χ2n) is 2.09. The third-order valence-electron chi connectivity index (χ3n) is 1.23. The highest BCUT2D eigenvalue weighted by atomic mass is 16.1. The summed E-state index contributed by atoms with van der Waals surface area (Å²) in [7, 11) is 0. The Bertz CT molecular complexity index is 109. The quantitative estimate of drug-likeness (QED) is 0.449. The predicted molar refractivity (Wildman–Crippen MR) is 38.1 cm³/mol. The van der Waals surface area contributed by atoms with E-state index < -0.39 is 0 Å². The highest BCUT2D eigenvalue weighted by Gasteiger charge is 2.02. The van der Waals surface area contributed by atoms with Crippen molar-refractivity contribution in [2.45, 2.75) is 25.8 Å². The predicted octanol–water partition coefficient (Wildman–Crippen LogP) is 0.869. The van der Waals surface area contributed by atoms with E-state index in [9.17, 15) is 4.79 Å². The summed E-state index contributed by atoms with van der Waals surface area (Å²) in [6, 6.07) is -0.132. The first-order valence-electron chi connectivity index (χ1n) is 3.12. The van der Waals surface area contributed by atoms with Crippen molar-refractivity contribution in [1.82, 2.24) is 0 Å². The molecule has 0 amide bonds. The summed E-state index contributed by atoms with van der Waals surface area (Å²) in [4.78, 5) is 10.0. The Labute approximate surface area is 55.7 Å². The molecule has 0 aromatic rings. The first-order chi connectivity index (χ1) is 4.22. The lowest BCUT2D eigenvalue weighted by Crippen LogP contribution is -2.22. The van der Waals surface area contributed by atoms with Crippen LogP contribution in [0.5, 0.6) is 0 Å². The molecule has 0 aromatic carbocycles. The van der Waals surface area contributed by atoms with Crippen LogP contribution in [-0.2, 0) is 4.79 Å². The third kappa shape index (κ3) is 3.03. The molecule has 0 aliphatic rings. The van der Waals surface area contributed by atoms with Gasteiger partial charge in [0.25, 0.3) is 0 Å². The first-order valence-corrected chi connectivity index (χ1v) is 3.12. The van der Waals surface area contributed by atoms with Crippen LogP contribution < -0.4 is 5.73 Å². The SMILES string of the molecule is C=C(C=O)C(N)CCC. The average molecular weight is 127 g/mol. The van der Waals surface area contributed by atoms with Gasteiger partial charge >= 0.3 is 0 Å². The van der Waals surface area contributed by atoms with E-state index in [1.807, 2.05) is 6.92 Å². The lowest BCUT2D eigenvalue weighted by atomic mass is 10.1. The number of nitrogens with two attached hydrogens (primary N) is 1. The summed E-state index contributed by atoms with van der Waals surface area (Å²) < 4.78 is 0.